The fourth-order valence-electron chi connectivity index (χ4n) is 1.32. The van der Waals surface area contributed by atoms with Crippen LogP contribution in [0.25, 0.3) is 10.1 Å². The van der Waals surface area contributed by atoms with Crippen LogP contribution in [0.4, 0.5) is 5.69 Å². The van der Waals surface area contributed by atoms with Gasteiger partial charge in [0.25, 0.3) is 0 Å². The van der Waals surface area contributed by atoms with E-state index in [1.54, 1.807) is 11.3 Å². The Hall–Kier alpha value is -0.490. The number of halogens is 1. The lowest BCUT2D eigenvalue weighted by molar-refractivity contribution is 0.350. The molecule has 0 amide bonds. The number of hydrogen-bond donors (Lipinski definition) is 1. The molecule has 2 nitrogen and oxygen atoms in total. The lowest BCUT2D eigenvalue weighted by Gasteiger charge is -1.95. The van der Waals surface area contributed by atoms with E-state index in [9.17, 15) is 0 Å². The van der Waals surface area contributed by atoms with Crippen LogP contribution in [0.1, 0.15) is 6.92 Å². The number of anilines is 1. The Balaban J connectivity index is 2.58. The molecule has 0 fully saturated rings. The minimum Gasteiger partial charge on any atom is -0.484 e. The molecule has 2 rings (SSSR count). The summed E-state index contributed by atoms with van der Waals surface area (Å²) in [5.41, 5.74) is 6.58. The number of thiophene rings is 1. The van der Waals surface area contributed by atoms with Gasteiger partial charge in [0.2, 0.25) is 0 Å². The Morgan fingerprint density at radius 2 is 2.21 bits per heavy atom. The molecule has 1 aromatic carbocycles. The van der Waals surface area contributed by atoms with Crippen LogP contribution in [-0.2, 0) is 0 Å². The van der Waals surface area contributed by atoms with E-state index in [0.29, 0.717) is 6.61 Å². The van der Waals surface area contributed by atoms with Gasteiger partial charge in [-0.25, -0.2) is 0 Å². The Labute approximate surface area is 100 Å². The molecule has 0 unspecified atom stereocenters. The summed E-state index contributed by atoms with van der Waals surface area (Å²) in [6.07, 6.45) is 0. The van der Waals surface area contributed by atoms with Gasteiger partial charge in [0.1, 0.15) is 0 Å². The molecule has 0 aliphatic rings. The largest absolute Gasteiger partial charge is 0.484 e. The van der Waals surface area contributed by atoms with Gasteiger partial charge in [-0.3, -0.25) is 0 Å². The molecule has 0 saturated carbocycles. The first kappa shape index (κ1) is 10.0. The van der Waals surface area contributed by atoms with Crippen LogP contribution in [-0.4, -0.2) is 6.61 Å². The average molecular weight is 319 g/mol. The molecule has 0 radical (unpaired) electrons. The summed E-state index contributed by atoms with van der Waals surface area (Å²) in [5.74, 6) is 0. The first-order chi connectivity index (χ1) is 6.70. The van der Waals surface area contributed by atoms with Crippen molar-refractivity contribution in [2.45, 2.75) is 6.92 Å². The van der Waals surface area contributed by atoms with Crippen molar-refractivity contribution in [2.24, 2.45) is 0 Å². The molecule has 1 heterocycles. The third-order valence-electron chi connectivity index (χ3n) is 1.86. The number of nitrogen functional groups attached to an aromatic ring is 1. The van der Waals surface area contributed by atoms with Crippen molar-refractivity contribution in [3.05, 3.63) is 21.8 Å². The molecule has 0 atom stereocenters. The Morgan fingerprint density at radius 1 is 1.43 bits per heavy atom. The summed E-state index contributed by atoms with van der Waals surface area (Å²) in [7, 11) is 0. The zero-order valence-electron chi connectivity index (χ0n) is 7.71. The standard InChI is InChI=1S/C10H10INOS/c1-2-13-9-4-6-3-7(12)5-8(11)10(6)14-9/h3-5H,2,12H2,1H3. The second kappa shape index (κ2) is 3.94. The van der Waals surface area contributed by atoms with Gasteiger partial charge >= 0.3 is 0 Å². The molecule has 74 valence electrons. The van der Waals surface area contributed by atoms with Crippen LogP contribution in [0.15, 0.2) is 18.2 Å². The van der Waals surface area contributed by atoms with Crippen LogP contribution in [0.2, 0.25) is 0 Å². The van der Waals surface area contributed by atoms with Crippen LogP contribution in [0, 0.1) is 3.57 Å². The lowest BCUT2D eigenvalue weighted by atomic mass is 10.2. The minimum atomic E-state index is 0.707. The summed E-state index contributed by atoms with van der Waals surface area (Å²) in [5, 5.41) is 2.13. The van der Waals surface area contributed by atoms with Crippen molar-refractivity contribution in [3.63, 3.8) is 0 Å². The van der Waals surface area contributed by atoms with Gasteiger partial charge in [0, 0.05) is 9.26 Å². The number of hydrogen-bond acceptors (Lipinski definition) is 3. The predicted octanol–water partition coefficient (Wildman–Crippen LogP) is 3.49. The molecule has 0 aliphatic carbocycles. The first-order valence-corrected chi connectivity index (χ1v) is 6.21. The molecule has 2 N–H and O–H groups in total. The molecular formula is C10H10INOS. The van der Waals surface area contributed by atoms with E-state index in [2.05, 4.69) is 22.6 Å². The molecule has 0 saturated heterocycles. The fourth-order valence-corrected chi connectivity index (χ4v) is 3.28. The number of fused-ring (bicyclic) bond motifs is 1. The van der Waals surface area contributed by atoms with E-state index in [4.69, 9.17) is 10.5 Å². The third-order valence-corrected chi connectivity index (χ3v) is 4.17. The second-order valence-corrected chi connectivity index (χ2v) is 5.10. The lowest BCUT2D eigenvalue weighted by Crippen LogP contribution is -1.86. The zero-order chi connectivity index (χ0) is 10.1. The molecule has 4 heteroatoms. The maximum Gasteiger partial charge on any atom is 0.174 e. The van der Waals surface area contributed by atoms with Crippen molar-refractivity contribution < 1.29 is 4.74 Å². The number of ether oxygens (including phenoxy) is 1. The molecule has 0 spiro atoms. The van der Waals surface area contributed by atoms with Gasteiger partial charge in [0.15, 0.2) is 5.06 Å². The third kappa shape index (κ3) is 1.81. The van der Waals surface area contributed by atoms with E-state index in [-0.39, 0.29) is 0 Å². The topological polar surface area (TPSA) is 35.2 Å². The maximum absolute atomic E-state index is 5.77. The maximum atomic E-state index is 5.77. The summed E-state index contributed by atoms with van der Waals surface area (Å²) in [4.78, 5) is 0. The van der Waals surface area contributed by atoms with Gasteiger partial charge in [-0.1, -0.05) is 11.3 Å². The van der Waals surface area contributed by atoms with Gasteiger partial charge in [0.05, 0.1) is 11.3 Å². The van der Waals surface area contributed by atoms with E-state index in [1.807, 2.05) is 25.1 Å². The van der Waals surface area contributed by atoms with Crippen molar-refractivity contribution in [2.75, 3.05) is 12.3 Å². The van der Waals surface area contributed by atoms with E-state index >= 15 is 0 Å². The predicted molar refractivity (Wildman–Crippen MR) is 70.1 cm³/mol. The average Bonchev–Trinajstić information content (AvgIpc) is 2.48. The Bertz CT molecular complexity index is 466. The summed E-state index contributed by atoms with van der Waals surface area (Å²) >= 11 is 3.97. The molecular weight excluding hydrogens is 309 g/mol. The van der Waals surface area contributed by atoms with Crippen LogP contribution in [0.3, 0.4) is 0 Å². The Morgan fingerprint density at radius 3 is 2.93 bits per heavy atom. The van der Waals surface area contributed by atoms with Gasteiger partial charge in [-0.2, -0.15) is 0 Å². The minimum absolute atomic E-state index is 0.707. The van der Waals surface area contributed by atoms with Crippen LogP contribution >= 0.6 is 33.9 Å². The summed E-state index contributed by atoms with van der Waals surface area (Å²) in [6.45, 7) is 2.70. The van der Waals surface area contributed by atoms with Gasteiger partial charge in [-0.15, -0.1) is 0 Å². The van der Waals surface area contributed by atoms with E-state index in [0.717, 1.165) is 10.8 Å². The summed E-state index contributed by atoms with van der Waals surface area (Å²) in [6, 6.07) is 6.01. The van der Waals surface area contributed by atoms with Crippen LogP contribution < -0.4 is 10.5 Å². The van der Waals surface area contributed by atoms with E-state index in [1.165, 1.54) is 13.7 Å². The monoisotopic (exact) mass is 319 g/mol. The number of benzene rings is 1. The zero-order valence-corrected chi connectivity index (χ0v) is 10.7. The molecule has 0 aliphatic heterocycles. The van der Waals surface area contributed by atoms with Crippen molar-refractivity contribution in [3.8, 4) is 5.06 Å². The highest BCUT2D eigenvalue weighted by Crippen LogP contribution is 2.36. The van der Waals surface area contributed by atoms with E-state index < -0.39 is 0 Å². The highest BCUT2D eigenvalue weighted by Gasteiger charge is 2.06. The summed E-state index contributed by atoms with van der Waals surface area (Å²) < 4.78 is 7.90. The molecule has 14 heavy (non-hydrogen) atoms. The number of nitrogens with two attached hydrogens (primary N) is 1. The Kier molecular flexibility index (Phi) is 2.83. The quantitative estimate of drug-likeness (QED) is 0.679. The van der Waals surface area contributed by atoms with Gasteiger partial charge in [-0.05, 0) is 53.1 Å². The highest BCUT2D eigenvalue weighted by atomic mass is 127. The molecule has 0 bridgehead atoms. The van der Waals surface area contributed by atoms with Crippen molar-refractivity contribution >= 4 is 49.7 Å². The first-order valence-electron chi connectivity index (χ1n) is 4.32. The smallest absolute Gasteiger partial charge is 0.174 e. The van der Waals surface area contributed by atoms with Crippen molar-refractivity contribution in [1.82, 2.24) is 0 Å². The highest BCUT2D eigenvalue weighted by molar-refractivity contribution is 14.1. The van der Waals surface area contributed by atoms with Crippen molar-refractivity contribution in [1.29, 1.82) is 0 Å². The van der Waals surface area contributed by atoms with Crippen LogP contribution in [0.5, 0.6) is 5.06 Å². The molecule has 2 aromatic rings. The fraction of sp³-hybridized carbons (Fsp3) is 0.200. The number of rotatable bonds is 2. The SMILES string of the molecule is CCOc1cc2cc(N)cc(I)c2s1. The van der Waals surface area contributed by atoms with Gasteiger partial charge < -0.3 is 10.5 Å². The second-order valence-electron chi connectivity index (χ2n) is 2.92. The normalized spacial score (nSPS) is 10.7. The molecule has 1 aromatic heterocycles.